The SMILES string of the molecule is C=C1CCC(N2Cc3c(OCc4ccc(Cn5nncc5C(N)=O)cc4)cccc3C2=O)C(=O)N1. The van der Waals surface area contributed by atoms with Gasteiger partial charge in [-0.3, -0.25) is 14.4 Å². The van der Waals surface area contributed by atoms with Crippen molar-refractivity contribution in [3.8, 4) is 5.75 Å². The van der Waals surface area contributed by atoms with Crippen molar-refractivity contribution >= 4 is 17.7 Å². The van der Waals surface area contributed by atoms with E-state index in [-0.39, 0.29) is 17.5 Å². The number of fused-ring (bicyclic) bond motifs is 1. The highest BCUT2D eigenvalue weighted by molar-refractivity contribution is 6.02. The first-order chi connectivity index (χ1) is 16.9. The number of hydrogen-bond acceptors (Lipinski definition) is 6. The van der Waals surface area contributed by atoms with E-state index in [0.717, 1.165) is 16.7 Å². The molecule has 10 nitrogen and oxygen atoms in total. The van der Waals surface area contributed by atoms with Gasteiger partial charge in [0.2, 0.25) is 5.91 Å². The van der Waals surface area contributed by atoms with E-state index in [1.54, 1.807) is 17.0 Å². The molecular weight excluding hydrogens is 448 g/mol. The summed E-state index contributed by atoms with van der Waals surface area (Å²) in [5.74, 6) is -0.316. The Labute approximate surface area is 201 Å². The molecule has 2 aliphatic heterocycles. The summed E-state index contributed by atoms with van der Waals surface area (Å²) in [6.07, 6.45) is 2.55. The van der Waals surface area contributed by atoms with Crippen LogP contribution in [-0.4, -0.2) is 43.7 Å². The second-order valence-electron chi connectivity index (χ2n) is 8.61. The number of nitrogens with two attached hydrogens (primary N) is 1. The predicted molar refractivity (Wildman–Crippen MR) is 125 cm³/mol. The molecule has 0 bridgehead atoms. The third-order valence-electron chi connectivity index (χ3n) is 6.27. The highest BCUT2D eigenvalue weighted by atomic mass is 16.5. The first-order valence-electron chi connectivity index (χ1n) is 11.2. The highest BCUT2D eigenvalue weighted by Gasteiger charge is 2.39. The number of piperidine rings is 1. The maximum Gasteiger partial charge on any atom is 0.268 e. The molecule has 3 aromatic rings. The van der Waals surface area contributed by atoms with Crippen molar-refractivity contribution in [3.63, 3.8) is 0 Å². The molecule has 5 rings (SSSR count). The van der Waals surface area contributed by atoms with Gasteiger partial charge in [-0.1, -0.05) is 42.1 Å². The Bertz CT molecular complexity index is 1330. The van der Waals surface area contributed by atoms with Gasteiger partial charge in [-0.25, -0.2) is 4.68 Å². The molecule has 3 heterocycles. The van der Waals surface area contributed by atoms with E-state index in [4.69, 9.17) is 10.5 Å². The van der Waals surface area contributed by atoms with Crippen molar-refractivity contribution in [3.05, 3.63) is 88.9 Å². The molecule has 2 aliphatic rings. The zero-order valence-electron chi connectivity index (χ0n) is 18.9. The summed E-state index contributed by atoms with van der Waals surface area (Å²) in [6.45, 7) is 4.81. The summed E-state index contributed by atoms with van der Waals surface area (Å²) < 4.78 is 7.53. The number of rotatable bonds is 7. The van der Waals surface area contributed by atoms with Crippen LogP contribution < -0.4 is 15.8 Å². The monoisotopic (exact) mass is 472 g/mol. The molecule has 1 fully saturated rings. The number of amides is 3. The smallest absolute Gasteiger partial charge is 0.268 e. The molecule has 1 unspecified atom stereocenters. The molecular formula is C25H24N6O4. The molecule has 3 amide bonds. The number of carbonyl (C=O) groups excluding carboxylic acids is 3. The summed E-state index contributed by atoms with van der Waals surface area (Å²) in [5, 5.41) is 10.4. The minimum Gasteiger partial charge on any atom is -0.489 e. The predicted octanol–water partition coefficient (Wildman–Crippen LogP) is 1.75. The Kier molecular flexibility index (Phi) is 5.77. The van der Waals surface area contributed by atoms with E-state index < -0.39 is 11.9 Å². The minimum atomic E-state index is -0.581. The van der Waals surface area contributed by atoms with E-state index in [1.165, 1.54) is 10.9 Å². The van der Waals surface area contributed by atoms with Crippen LogP contribution >= 0.6 is 0 Å². The van der Waals surface area contributed by atoms with Crippen molar-refractivity contribution in [2.75, 3.05) is 0 Å². The minimum absolute atomic E-state index is 0.161. The second-order valence-corrected chi connectivity index (χ2v) is 8.61. The van der Waals surface area contributed by atoms with E-state index in [0.29, 0.717) is 49.5 Å². The molecule has 1 aromatic heterocycles. The van der Waals surface area contributed by atoms with Crippen molar-refractivity contribution in [2.45, 2.75) is 38.6 Å². The molecule has 2 aromatic carbocycles. The fraction of sp³-hybridized carbons (Fsp3) is 0.240. The van der Waals surface area contributed by atoms with Crippen molar-refractivity contribution in [2.24, 2.45) is 5.73 Å². The lowest BCUT2D eigenvalue weighted by Crippen LogP contribution is -2.49. The van der Waals surface area contributed by atoms with Crippen LogP contribution in [-0.2, 0) is 24.5 Å². The van der Waals surface area contributed by atoms with Gasteiger partial charge in [0.25, 0.3) is 11.8 Å². The summed E-state index contributed by atoms with van der Waals surface area (Å²) in [4.78, 5) is 38.5. The Morgan fingerprint density at radius 2 is 1.94 bits per heavy atom. The van der Waals surface area contributed by atoms with Crippen LogP contribution in [0.5, 0.6) is 5.75 Å². The number of nitrogens with zero attached hydrogens (tertiary/aromatic N) is 4. The van der Waals surface area contributed by atoms with Gasteiger partial charge < -0.3 is 20.7 Å². The van der Waals surface area contributed by atoms with E-state index in [2.05, 4.69) is 22.2 Å². The number of hydrogen-bond donors (Lipinski definition) is 2. The topological polar surface area (TPSA) is 132 Å². The Hall–Kier alpha value is -4.47. The van der Waals surface area contributed by atoms with Gasteiger partial charge in [-0.2, -0.15) is 0 Å². The van der Waals surface area contributed by atoms with E-state index >= 15 is 0 Å². The maximum atomic E-state index is 13.0. The fourth-order valence-corrected chi connectivity index (χ4v) is 4.41. The van der Waals surface area contributed by atoms with Crippen LogP contribution in [0.25, 0.3) is 0 Å². The highest BCUT2D eigenvalue weighted by Crippen LogP contribution is 2.34. The van der Waals surface area contributed by atoms with Crippen LogP contribution in [0.15, 0.2) is 60.9 Å². The summed E-state index contributed by atoms with van der Waals surface area (Å²) in [7, 11) is 0. The molecule has 10 heteroatoms. The fourth-order valence-electron chi connectivity index (χ4n) is 4.41. The Morgan fingerprint density at radius 3 is 2.69 bits per heavy atom. The van der Waals surface area contributed by atoms with E-state index in [9.17, 15) is 14.4 Å². The van der Waals surface area contributed by atoms with Gasteiger partial charge >= 0.3 is 0 Å². The van der Waals surface area contributed by atoms with Crippen LogP contribution in [0.4, 0.5) is 0 Å². The number of carbonyl (C=O) groups is 3. The Morgan fingerprint density at radius 1 is 1.17 bits per heavy atom. The summed E-state index contributed by atoms with van der Waals surface area (Å²) in [6, 6.07) is 12.6. The normalized spacial score (nSPS) is 17.3. The number of nitrogens with one attached hydrogen (secondary N) is 1. The second kappa shape index (κ2) is 9.05. The molecule has 0 saturated carbocycles. The quantitative estimate of drug-likeness (QED) is 0.538. The molecule has 1 atom stereocenters. The van der Waals surface area contributed by atoms with Crippen molar-refractivity contribution in [1.82, 2.24) is 25.2 Å². The molecule has 0 aliphatic carbocycles. The zero-order chi connectivity index (χ0) is 24.5. The molecule has 0 radical (unpaired) electrons. The van der Waals surface area contributed by atoms with Crippen LogP contribution in [0.2, 0.25) is 0 Å². The van der Waals surface area contributed by atoms with Gasteiger partial charge in [0.05, 0.1) is 19.3 Å². The molecule has 3 N–H and O–H groups in total. The van der Waals surface area contributed by atoms with Gasteiger partial charge in [0, 0.05) is 16.8 Å². The Balaban J connectivity index is 1.25. The van der Waals surface area contributed by atoms with Crippen LogP contribution in [0, 0.1) is 0 Å². The summed E-state index contributed by atoms with van der Waals surface area (Å²) in [5.41, 5.74) is 9.48. The van der Waals surface area contributed by atoms with Crippen LogP contribution in [0.1, 0.15) is 50.4 Å². The number of benzene rings is 2. The maximum absolute atomic E-state index is 13.0. The molecule has 1 saturated heterocycles. The molecule has 35 heavy (non-hydrogen) atoms. The van der Waals surface area contributed by atoms with Gasteiger partial charge in [-0.15, -0.1) is 5.10 Å². The van der Waals surface area contributed by atoms with Gasteiger partial charge in [0.1, 0.15) is 24.1 Å². The van der Waals surface area contributed by atoms with Crippen molar-refractivity contribution in [1.29, 1.82) is 0 Å². The van der Waals surface area contributed by atoms with E-state index in [1.807, 2.05) is 30.3 Å². The number of aromatic nitrogens is 3. The van der Waals surface area contributed by atoms with Gasteiger partial charge in [0.15, 0.2) is 0 Å². The standard InChI is InChI=1S/C25H24N6O4/c1-15-5-10-20(24(33)28-15)30-13-19-18(25(30)34)3-2-4-22(19)35-14-17-8-6-16(7-9-17)12-31-21(23(26)32)11-27-29-31/h2-4,6-9,11,20H,1,5,10,12-14H2,(H2,26,32)(H,28,33). The van der Waals surface area contributed by atoms with Crippen LogP contribution in [0.3, 0.4) is 0 Å². The van der Waals surface area contributed by atoms with Gasteiger partial charge in [-0.05, 0) is 36.1 Å². The lowest BCUT2D eigenvalue weighted by atomic mass is 10.0. The number of ether oxygens (including phenoxy) is 1. The summed E-state index contributed by atoms with van der Waals surface area (Å²) >= 11 is 0. The zero-order valence-corrected chi connectivity index (χ0v) is 18.9. The molecule has 0 spiro atoms. The first-order valence-corrected chi connectivity index (χ1v) is 11.2. The number of primary amides is 1. The van der Waals surface area contributed by atoms with Crippen molar-refractivity contribution < 1.29 is 19.1 Å². The lowest BCUT2D eigenvalue weighted by molar-refractivity contribution is -0.126. The average Bonchev–Trinajstić information content (AvgIpc) is 3.44. The largest absolute Gasteiger partial charge is 0.489 e. The third kappa shape index (κ3) is 4.37. The number of allylic oxidation sites excluding steroid dienone is 1. The third-order valence-corrected chi connectivity index (χ3v) is 6.27. The first kappa shape index (κ1) is 22.3. The molecule has 178 valence electrons. The lowest BCUT2D eigenvalue weighted by Gasteiger charge is -2.31. The average molecular weight is 473 g/mol.